The van der Waals surface area contributed by atoms with Gasteiger partial charge in [0.1, 0.15) is 0 Å². The molecule has 6 heteroatoms. The van der Waals surface area contributed by atoms with Gasteiger partial charge in [-0.25, -0.2) is 4.79 Å². The van der Waals surface area contributed by atoms with Crippen LogP contribution in [0.25, 0.3) is 0 Å². The molecule has 4 N–H and O–H groups in total. The Balaban J connectivity index is 3.47. The molecular formula is C9H14N2O4. The number of carbonyl (C=O) groups is 2. The van der Waals surface area contributed by atoms with Gasteiger partial charge in [-0.1, -0.05) is 5.92 Å². The minimum absolute atomic E-state index is 0.0176. The van der Waals surface area contributed by atoms with E-state index in [1.165, 1.54) is 0 Å². The van der Waals surface area contributed by atoms with E-state index < -0.39 is 12.1 Å². The highest BCUT2D eigenvalue weighted by Gasteiger charge is 2.12. The van der Waals surface area contributed by atoms with Crippen molar-refractivity contribution in [1.82, 2.24) is 10.6 Å². The van der Waals surface area contributed by atoms with Crippen LogP contribution >= 0.6 is 0 Å². The predicted octanol–water partition coefficient (Wildman–Crippen LogP) is -1.84. The zero-order chi connectivity index (χ0) is 11.7. The van der Waals surface area contributed by atoms with Crippen molar-refractivity contribution in [3.05, 3.63) is 0 Å². The van der Waals surface area contributed by atoms with Gasteiger partial charge in [0.15, 0.2) is 6.10 Å². The lowest BCUT2D eigenvalue weighted by atomic mass is 10.2. The van der Waals surface area contributed by atoms with E-state index >= 15 is 0 Å². The van der Waals surface area contributed by atoms with Crippen LogP contribution < -0.4 is 10.6 Å². The highest BCUT2D eigenvalue weighted by molar-refractivity contribution is 5.78. The Morgan fingerprint density at radius 3 is 2.67 bits per heavy atom. The summed E-state index contributed by atoms with van der Waals surface area (Å²) in [7, 11) is 0. The topological polar surface area (TPSA) is 98.7 Å². The molecule has 84 valence electrons. The molecule has 0 bridgehead atoms. The third kappa shape index (κ3) is 7.49. The number of aliphatic hydroxyl groups excluding tert-OH is 1. The minimum atomic E-state index is -1.44. The number of nitrogens with one attached hydrogen (secondary N) is 2. The number of amides is 1. The summed E-state index contributed by atoms with van der Waals surface area (Å²) in [6, 6.07) is 0. The standard InChI is InChI=1S/C9H14N2O4/c1-2-4-10-6-8(13)11-5-3-7(12)9(14)15/h1,7,10,12H,3-6H2,(H,11,13)(H,14,15)/t7-/m0/s1. The first-order valence-electron chi connectivity index (χ1n) is 4.39. The van der Waals surface area contributed by atoms with Crippen LogP contribution in [0, 0.1) is 12.3 Å². The van der Waals surface area contributed by atoms with E-state index in [1.54, 1.807) is 0 Å². The number of hydrogen-bond acceptors (Lipinski definition) is 4. The fourth-order valence-corrected chi connectivity index (χ4v) is 0.782. The van der Waals surface area contributed by atoms with Crippen molar-refractivity contribution in [2.75, 3.05) is 19.6 Å². The number of carbonyl (C=O) groups excluding carboxylic acids is 1. The molecule has 0 aromatic rings. The van der Waals surface area contributed by atoms with Crippen molar-refractivity contribution in [3.8, 4) is 12.3 Å². The Labute approximate surface area is 87.7 Å². The molecule has 0 aliphatic heterocycles. The van der Waals surface area contributed by atoms with Crippen molar-refractivity contribution in [3.63, 3.8) is 0 Å². The van der Waals surface area contributed by atoms with Gasteiger partial charge in [0, 0.05) is 13.0 Å². The maximum Gasteiger partial charge on any atom is 0.332 e. The predicted molar refractivity (Wildman–Crippen MR) is 53.0 cm³/mol. The van der Waals surface area contributed by atoms with Crippen molar-refractivity contribution >= 4 is 11.9 Å². The molecule has 0 saturated heterocycles. The van der Waals surface area contributed by atoms with Gasteiger partial charge < -0.3 is 15.5 Å². The third-order valence-electron chi connectivity index (χ3n) is 1.54. The van der Waals surface area contributed by atoms with Gasteiger partial charge in [-0.2, -0.15) is 0 Å². The average molecular weight is 214 g/mol. The Hall–Kier alpha value is -1.58. The quantitative estimate of drug-likeness (QED) is 0.295. The van der Waals surface area contributed by atoms with E-state index in [0.717, 1.165) is 0 Å². The normalized spacial score (nSPS) is 11.5. The number of carboxylic acids is 1. The van der Waals surface area contributed by atoms with Crippen LogP contribution in [0.2, 0.25) is 0 Å². The minimum Gasteiger partial charge on any atom is -0.479 e. The summed E-state index contributed by atoms with van der Waals surface area (Å²) in [5.41, 5.74) is 0. The Morgan fingerprint density at radius 2 is 2.13 bits per heavy atom. The number of aliphatic carboxylic acids is 1. The molecule has 0 unspecified atom stereocenters. The van der Waals surface area contributed by atoms with Crippen LogP contribution in [-0.2, 0) is 9.59 Å². The van der Waals surface area contributed by atoms with Crippen LogP contribution in [-0.4, -0.2) is 47.8 Å². The van der Waals surface area contributed by atoms with Gasteiger partial charge in [0.2, 0.25) is 5.91 Å². The van der Waals surface area contributed by atoms with Crippen molar-refractivity contribution in [2.45, 2.75) is 12.5 Å². The summed E-state index contributed by atoms with van der Waals surface area (Å²) in [5, 5.41) is 22.3. The Bertz CT molecular complexity index is 259. The maximum absolute atomic E-state index is 11.0. The van der Waals surface area contributed by atoms with Crippen molar-refractivity contribution in [2.24, 2.45) is 0 Å². The largest absolute Gasteiger partial charge is 0.479 e. The Morgan fingerprint density at radius 1 is 1.47 bits per heavy atom. The number of terminal acetylenes is 1. The third-order valence-corrected chi connectivity index (χ3v) is 1.54. The van der Waals surface area contributed by atoms with Gasteiger partial charge in [-0.05, 0) is 0 Å². The molecule has 0 aliphatic carbocycles. The molecule has 1 amide bonds. The molecule has 15 heavy (non-hydrogen) atoms. The van der Waals surface area contributed by atoms with Crippen LogP contribution in [0.4, 0.5) is 0 Å². The van der Waals surface area contributed by atoms with E-state index in [4.69, 9.17) is 16.6 Å². The summed E-state index contributed by atoms with van der Waals surface area (Å²) >= 11 is 0. The smallest absolute Gasteiger partial charge is 0.332 e. The molecule has 0 rings (SSSR count). The van der Waals surface area contributed by atoms with Gasteiger partial charge in [-0.15, -0.1) is 6.42 Å². The van der Waals surface area contributed by atoms with E-state index in [9.17, 15) is 9.59 Å². The zero-order valence-corrected chi connectivity index (χ0v) is 8.19. The van der Waals surface area contributed by atoms with Crippen LogP contribution in [0.3, 0.4) is 0 Å². The van der Waals surface area contributed by atoms with Crippen LogP contribution in [0.1, 0.15) is 6.42 Å². The molecule has 0 aromatic carbocycles. The second-order valence-corrected chi connectivity index (χ2v) is 2.80. The van der Waals surface area contributed by atoms with Crippen LogP contribution in [0.5, 0.6) is 0 Å². The number of hydrogen-bond donors (Lipinski definition) is 4. The molecular weight excluding hydrogens is 200 g/mol. The van der Waals surface area contributed by atoms with Crippen molar-refractivity contribution in [1.29, 1.82) is 0 Å². The first-order valence-corrected chi connectivity index (χ1v) is 4.39. The second kappa shape index (κ2) is 7.79. The SMILES string of the molecule is C#CCNCC(=O)NCC[C@H](O)C(=O)O. The lowest BCUT2D eigenvalue weighted by Gasteiger charge is -2.07. The summed E-state index contributed by atoms with van der Waals surface area (Å²) < 4.78 is 0. The van der Waals surface area contributed by atoms with E-state index in [0.29, 0.717) is 6.54 Å². The van der Waals surface area contributed by atoms with E-state index in [-0.39, 0.29) is 25.4 Å². The summed E-state index contributed by atoms with van der Waals surface area (Å²) in [6.07, 6.45) is 3.49. The van der Waals surface area contributed by atoms with Gasteiger partial charge in [0.05, 0.1) is 13.1 Å². The van der Waals surface area contributed by atoms with E-state index in [1.807, 2.05) is 0 Å². The summed E-state index contributed by atoms with van der Waals surface area (Å²) in [4.78, 5) is 21.2. The van der Waals surface area contributed by atoms with Crippen molar-refractivity contribution < 1.29 is 19.8 Å². The monoisotopic (exact) mass is 214 g/mol. The molecule has 0 aromatic heterocycles. The fourth-order valence-electron chi connectivity index (χ4n) is 0.782. The molecule has 1 atom stereocenters. The van der Waals surface area contributed by atoms with E-state index in [2.05, 4.69) is 16.6 Å². The number of rotatable bonds is 7. The molecule has 0 radical (unpaired) electrons. The summed E-state index contributed by atoms with van der Waals surface area (Å²) in [5.74, 6) is 0.718. The first-order chi connectivity index (χ1) is 7.07. The highest BCUT2D eigenvalue weighted by atomic mass is 16.4. The van der Waals surface area contributed by atoms with Gasteiger partial charge in [-0.3, -0.25) is 10.1 Å². The first kappa shape index (κ1) is 13.4. The molecule has 0 fully saturated rings. The number of carboxylic acid groups (broad SMARTS) is 1. The molecule has 0 aliphatic rings. The molecule has 6 nitrogen and oxygen atoms in total. The average Bonchev–Trinajstić information content (AvgIpc) is 2.18. The zero-order valence-electron chi connectivity index (χ0n) is 8.19. The van der Waals surface area contributed by atoms with Gasteiger partial charge in [0.25, 0.3) is 0 Å². The number of aliphatic hydroxyl groups is 1. The lowest BCUT2D eigenvalue weighted by Crippen LogP contribution is -2.36. The second-order valence-electron chi connectivity index (χ2n) is 2.80. The lowest BCUT2D eigenvalue weighted by molar-refractivity contribution is -0.147. The van der Waals surface area contributed by atoms with Crippen LogP contribution in [0.15, 0.2) is 0 Å². The summed E-state index contributed by atoms with van der Waals surface area (Å²) in [6.45, 7) is 0.489. The Kier molecular flexibility index (Phi) is 6.97. The molecule has 0 spiro atoms. The van der Waals surface area contributed by atoms with Gasteiger partial charge >= 0.3 is 5.97 Å². The fraction of sp³-hybridized carbons (Fsp3) is 0.556. The molecule has 0 heterocycles. The highest BCUT2D eigenvalue weighted by Crippen LogP contribution is 1.88. The molecule has 0 saturated carbocycles. The maximum atomic E-state index is 11.0.